The molecule has 0 unspecified atom stereocenters. The lowest BCUT2D eigenvalue weighted by Crippen LogP contribution is -2.40. The minimum Gasteiger partial charge on any atom is -0.480 e. The fourth-order valence-electron chi connectivity index (χ4n) is 2.35. The molecule has 2 aromatic heterocycles. The molecule has 114 valence electrons. The fourth-order valence-corrected chi connectivity index (χ4v) is 2.35. The summed E-state index contributed by atoms with van der Waals surface area (Å²) in [5.74, 6) is -1.07. The van der Waals surface area contributed by atoms with Crippen molar-refractivity contribution in [2.45, 2.75) is 46.3 Å². The van der Waals surface area contributed by atoms with E-state index >= 15 is 0 Å². The summed E-state index contributed by atoms with van der Waals surface area (Å²) >= 11 is 0. The van der Waals surface area contributed by atoms with Gasteiger partial charge in [-0.15, -0.1) is 0 Å². The van der Waals surface area contributed by atoms with Crippen LogP contribution in [-0.2, 0) is 24.4 Å². The van der Waals surface area contributed by atoms with Crippen molar-refractivity contribution in [1.29, 1.82) is 0 Å². The average Bonchev–Trinajstić information content (AvgIpc) is 2.82. The Morgan fingerprint density at radius 1 is 1.19 bits per heavy atom. The first-order valence-electron chi connectivity index (χ1n) is 6.91. The lowest BCUT2D eigenvalue weighted by atomic mass is 10.4. The Morgan fingerprint density at radius 3 is 2.38 bits per heavy atom. The van der Waals surface area contributed by atoms with Crippen LogP contribution < -0.4 is 11.2 Å². The number of aliphatic carboxylic acids is 1. The highest BCUT2D eigenvalue weighted by atomic mass is 16.4. The van der Waals surface area contributed by atoms with Gasteiger partial charge in [0.25, 0.3) is 5.56 Å². The number of aromatic nitrogens is 4. The zero-order valence-electron chi connectivity index (χ0n) is 12.1. The topological polar surface area (TPSA) is 99.1 Å². The largest absolute Gasteiger partial charge is 0.480 e. The van der Waals surface area contributed by atoms with Crippen molar-refractivity contribution in [2.75, 3.05) is 0 Å². The van der Waals surface area contributed by atoms with Crippen molar-refractivity contribution in [3.63, 3.8) is 0 Å². The summed E-state index contributed by atoms with van der Waals surface area (Å²) in [6, 6.07) is 0. The second-order valence-electron chi connectivity index (χ2n) is 4.83. The van der Waals surface area contributed by atoms with E-state index in [1.165, 1.54) is 15.5 Å². The molecule has 0 spiro atoms. The van der Waals surface area contributed by atoms with Crippen LogP contribution in [0.3, 0.4) is 0 Å². The molecule has 1 N–H and O–H groups in total. The summed E-state index contributed by atoms with van der Waals surface area (Å²) in [7, 11) is 0. The van der Waals surface area contributed by atoms with E-state index in [2.05, 4.69) is 4.98 Å². The molecule has 0 amide bonds. The van der Waals surface area contributed by atoms with Gasteiger partial charge in [0, 0.05) is 13.1 Å². The molecule has 0 radical (unpaired) electrons. The minimum absolute atomic E-state index is 0.166. The number of carboxylic acids is 1. The second kappa shape index (κ2) is 5.94. The van der Waals surface area contributed by atoms with Crippen LogP contribution in [-0.4, -0.2) is 29.8 Å². The van der Waals surface area contributed by atoms with Gasteiger partial charge in [0.05, 0.1) is 6.33 Å². The van der Waals surface area contributed by atoms with E-state index in [-0.39, 0.29) is 17.7 Å². The van der Waals surface area contributed by atoms with Crippen molar-refractivity contribution < 1.29 is 9.90 Å². The Hall–Kier alpha value is -2.38. The summed E-state index contributed by atoms with van der Waals surface area (Å²) < 4.78 is 3.86. The van der Waals surface area contributed by atoms with E-state index in [1.807, 2.05) is 13.8 Å². The standard InChI is InChI=1S/C13H18N4O4/c1-3-5-16-11-10(15(8-14-11)7-9(18)19)12(20)17(6-4-2)13(16)21/h8H,3-7H2,1-2H3,(H,18,19). The number of aryl methyl sites for hydroxylation is 1. The molecule has 0 aromatic carbocycles. The van der Waals surface area contributed by atoms with Crippen LogP contribution in [0, 0.1) is 0 Å². The molecule has 2 heterocycles. The zero-order chi connectivity index (χ0) is 15.6. The second-order valence-corrected chi connectivity index (χ2v) is 4.83. The normalized spacial score (nSPS) is 11.1. The molecule has 8 nitrogen and oxygen atoms in total. The first-order chi connectivity index (χ1) is 10.0. The number of fused-ring (bicyclic) bond motifs is 1. The quantitative estimate of drug-likeness (QED) is 0.824. The smallest absolute Gasteiger partial charge is 0.332 e. The maximum atomic E-state index is 12.5. The number of carboxylic acid groups (broad SMARTS) is 1. The van der Waals surface area contributed by atoms with Crippen molar-refractivity contribution in [3.8, 4) is 0 Å². The molecule has 0 atom stereocenters. The zero-order valence-corrected chi connectivity index (χ0v) is 12.1. The van der Waals surface area contributed by atoms with Crippen molar-refractivity contribution in [1.82, 2.24) is 18.7 Å². The van der Waals surface area contributed by atoms with E-state index in [0.717, 1.165) is 4.57 Å². The monoisotopic (exact) mass is 294 g/mol. The van der Waals surface area contributed by atoms with E-state index in [1.54, 1.807) is 0 Å². The molecule has 0 aliphatic heterocycles. The molecule has 8 heteroatoms. The predicted octanol–water partition coefficient (Wildman–Crippen LogP) is 0.264. The van der Waals surface area contributed by atoms with Crippen LogP contribution in [0.4, 0.5) is 0 Å². The molecular weight excluding hydrogens is 276 g/mol. The highest BCUT2D eigenvalue weighted by Gasteiger charge is 2.18. The molecule has 0 saturated carbocycles. The van der Waals surface area contributed by atoms with Gasteiger partial charge in [-0.2, -0.15) is 0 Å². The van der Waals surface area contributed by atoms with Gasteiger partial charge in [0.2, 0.25) is 0 Å². The Bertz CT molecular complexity index is 784. The van der Waals surface area contributed by atoms with Gasteiger partial charge in [0.15, 0.2) is 11.2 Å². The van der Waals surface area contributed by atoms with Gasteiger partial charge < -0.3 is 9.67 Å². The summed E-state index contributed by atoms with van der Waals surface area (Å²) in [5.41, 5.74) is -0.459. The first-order valence-corrected chi connectivity index (χ1v) is 6.91. The summed E-state index contributed by atoms with van der Waals surface area (Å²) in [4.78, 5) is 39.8. The summed E-state index contributed by atoms with van der Waals surface area (Å²) in [5, 5.41) is 8.91. The Balaban J connectivity index is 2.82. The van der Waals surface area contributed by atoms with Crippen molar-refractivity contribution in [2.24, 2.45) is 0 Å². The molecule has 0 saturated heterocycles. The van der Waals surface area contributed by atoms with Crippen LogP contribution in [0.15, 0.2) is 15.9 Å². The van der Waals surface area contributed by atoms with Gasteiger partial charge in [0.1, 0.15) is 6.54 Å². The highest BCUT2D eigenvalue weighted by Crippen LogP contribution is 2.07. The Morgan fingerprint density at radius 2 is 1.81 bits per heavy atom. The van der Waals surface area contributed by atoms with Crippen LogP contribution in [0.1, 0.15) is 26.7 Å². The molecule has 0 fully saturated rings. The minimum atomic E-state index is -1.07. The van der Waals surface area contributed by atoms with Gasteiger partial charge in [-0.25, -0.2) is 9.78 Å². The molecule has 0 aliphatic carbocycles. The molecule has 0 aliphatic rings. The van der Waals surface area contributed by atoms with Crippen molar-refractivity contribution in [3.05, 3.63) is 27.2 Å². The van der Waals surface area contributed by atoms with Crippen LogP contribution in [0.5, 0.6) is 0 Å². The van der Waals surface area contributed by atoms with E-state index < -0.39 is 17.2 Å². The lowest BCUT2D eigenvalue weighted by Gasteiger charge is -2.10. The Labute approximate surface area is 120 Å². The Kier molecular flexibility index (Phi) is 4.25. The third-order valence-electron chi connectivity index (χ3n) is 3.18. The SMILES string of the molecule is CCCn1c(=O)c2c(ncn2CC(=O)O)n(CCC)c1=O. The third-order valence-corrected chi connectivity index (χ3v) is 3.18. The van der Waals surface area contributed by atoms with E-state index in [9.17, 15) is 14.4 Å². The van der Waals surface area contributed by atoms with Gasteiger partial charge in [-0.3, -0.25) is 18.7 Å². The predicted molar refractivity (Wildman–Crippen MR) is 76.5 cm³/mol. The fraction of sp³-hybridized carbons (Fsp3) is 0.538. The number of nitrogens with zero attached hydrogens (tertiary/aromatic N) is 4. The molecule has 2 rings (SSSR count). The van der Waals surface area contributed by atoms with Gasteiger partial charge >= 0.3 is 11.7 Å². The lowest BCUT2D eigenvalue weighted by molar-refractivity contribution is -0.137. The van der Waals surface area contributed by atoms with E-state index in [0.29, 0.717) is 25.9 Å². The van der Waals surface area contributed by atoms with Gasteiger partial charge in [-0.05, 0) is 12.8 Å². The first kappa shape index (κ1) is 15.0. The number of carbonyl (C=O) groups is 1. The summed E-state index contributed by atoms with van der Waals surface area (Å²) in [6.07, 6.45) is 2.65. The number of hydrogen-bond acceptors (Lipinski definition) is 4. The number of rotatable bonds is 6. The van der Waals surface area contributed by atoms with Crippen LogP contribution in [0.2, 0.25) is 0 Å². The van der Waals surface area contributed by atoms with Crippen LogP contribution in [0.25, 0.3) is 11.2 Å². The highest BCUT2D eigenvalue weighted by molar-refractivity contribution is 5.74. The molecular formula is C13H18N4O4. The maximum Gasteiger partial charge on any atom is 0.332 e. The summed E-state index contributed by atoms with van der Waals surface area (Å²) in [6.45, 7) is 4.16. The number of imidazole rings is 1. The molecule has 0 bridgehead atoms. The van der Waals surface area contributed by atoms with Gasteiger partial charge in [-0.1, -0.05) is 13.8 Å². The number of hydrogen-bond donors (Lipinski definition) is 1. The average molecular weight is 294 g/mol. The van der Waals surface area contributed by atoms with Crippen molar-refractivity contribution >= 4 is 17.1 Å². The third kappa shape index (κ3) is 2.61. The van der Waals surface area contributed by atoms with Crippen LogP contribution >= 0.6 is 0 Å². The molecule has 21 heavy (non-hydrogen) atoms. The molecule has 2 aromatic rings. The van der Waals surface area contributed by atoms with E-state index in [4.69, 9.17) is 5.11 Å². The maximum absolute atomic E-state index is 12.5.